The topological polar surface area (TPSA) is 80.0 Å². The predicted molar refractivity (Wildman–Crippen MR) is 66.3 cm³/mol. The van der Waals surface area contributed by atoms with E-state index in [1.807, 2.05) is 0 Å². The van der Waals surface area contributed by atoms with Crippen LogP contribution in [0.25, 0.3) is 0 Å². The minimum absolute atomic E-state index is 0.142. The second-order valence-electron chi connectivity index (χ2n) is 3.65. The van der Waals surface area contributed by atoms with Crippen molar-refractivity contribution in [2.75, 3.05) is 18.4 Å². The fourth-order valence-electron chi connectivity index (χ4n) is 1.46. The van der Waals surface area contributed by atoms with Crippen molar-refractivity contribution in [2.45, 2.75) is 6.92 Å². The third-order valence-electron chi connectivity index (χ3n) is 2.36. The van der Waals surface area contributed by atoms with E-state index < -0.39 is 0 Å². The van der Waals surface area contributed by atoms with Gasteiger partial charge in [0.1, 0.15) is 5.76 Å². The monoisotopic (exact) mass is 246 g/mol. The Labute approximate surface area is 104 Å². The van der Waals surface area contributed by atoms with Gasteiger partial charge in [0.15, 0.2) is 0 Å². The first kappa shape index (κ1) is 12.1. The number of aryl methyl sites for hydroxylation is 1. The zero-order chi connectivity index (χ0) is 12.8. The number of carbonyl (C=O) groups is 1. The molecule has 0 fully saturated rings. The van der Waals surface area contributed by atoms with E-state index in [1.54, 1.807) is 31.5 Å². The van der Waals surface area contributed by atoms with Gasteiger partial charge in [0.25, 0.3) is 5.91 Å². The number of aromatic nitrogens is 2. The second-order valence-corrected chi connectivity index (χ2v) is 3.65. The van der Waals surface area contributed by atoms with Gasteiger partial charge in [0, 0.05) is 25.5 Å². The second kappa shape index (κ2) is 5.81. The number of anilines is 1. The van der Waals surface area contributed by atoms with Crippen molar-refractivity contribution in [3.63, 3.8) is 0 Å². The van der Waals surface area contributed by atoms with Gasteiger partial charge >= 0.3 is 0 Å². The largest absolute Gasteiger partial charge is 0.469 e. The first-order chi connectivity index (χ1) is 8.77. The molecule has 1 amide bonds. The standard InChI is InChI=1S/C12H14N4O2/c1-9-10(3-8-18-9)11(17)13-6-7-16-12-14-4-2-5-15-12/h2-5,8H,6-7H2,1H3,(H,13,17)(H,14,15,16). The minimum atomic E-state index is -0.142. The van der Waals surface area contributed by atoms with E-state index in [4.69, 9.17) is 4.42 Å². The molecule has 2 N–H and O–H groups in total. The summed E-state index contributed by atoms with van der Waals surface area (Å²) >= 11 is 0. The van der Waals surface area contributed by atoms with Crippen molar-refractivity contribution in [2.24, 2.45) is 0 Å². The van der Waals surface area contributed by atoms with Crippen molar-refractivity contribution in [3.05, 3.63) is 42.1 Å². The molecule has 0 spiro atoms. The summed E-state index contributed by atoms with van der Waals surface area (Å²) < 4.78 is 5.06. The minimum Gasteiger partial charge on any atom is -0.469 e. The SMILES string of the molecule is Cc1occc1C(=O)NCCNc1ncccn1. The molecule has 0 atom stereocenters. The van der Waals surface area contributed by atoms with Crippen LogP contribution in [0.3, 0.4) is 0 Å². The van der Waals surface area contributed by atoms with Crippen molar-refractivity contribution >= 4 is 11.9 Å². The molecule has 0 aliphatic heterocycles. The van der Waals surface area contributed by atoms with Gasteiger partial charge in [-0.25, -0.2) is 9.97 Å². The number of nitrogens with zero attached hydrogens (tertiary/aromatic N) is 2. The number of nitrogens with one attached hydrogen (secondary N) is 2. The van der Waals surface area contributed by atoms with E-state index in [2.05, 4.69) is 20.6 Å². The molecule has 2 aromatic rings. The van der Waals surface area contributed by atoms with Crippen LogP contribution in [0.4, 0.5) is 5.95 Å². The Kier molecular flexibility index (Phi) is 3.90. The highest BCUT2D eigenvalue weighted by molar-refractivity contribution is 5.95. The zero-order valence-corrected chi connectivity index (χ0v) is 10.0. The lowest BCUT2D eigenvalue weighted by atomic mass is 10.2. The highest BCUT2D eigenvalue weighted by Crippen LogP contribution is 2.07. The third kappa shape index (κ3) is 3.07. The van der Waals surface area contributed by atoms with Crippen molar-refractivity contribution in [1.82, 2.24) is 15.3 Å². The first-order valence-corrected chi connectivity index (χ1v) is 5.60. The Morgan fingerprint density at radius 2 is 2.11 bits per heavy atom. The molecule has 2 rings (SSSR count). The lowest BCUT2D eigenvalue weighted by Crippen LogP contribution is -2.29. The Morgan fingerprint density at radius 3 is 2.78 bits per heavy atom. The van der Waals surface area contributed by atoms with Crippen molar-refractivity contribution in [3.8, 4) is 0 Å². The molecule has 0 aromatic carbocycles. The summed E-state index contributed by atoms with van der Waals surface area (Å²) in [6.07, 6.45) is 4.81. The Balaban J connectivity index is 1.73. The Morgan fingerprint density at radius 1 is 1.33 bits per heavy atom. The number of amides is 1. The Bertz CT molecular complexity index is 510. The third-order valence-corrected chi connectivity index (χ3v) is 2.36. The van der Waals surface area contributed by atoms with Crippen LogP contribution < -0.4 is 10.6 Å². The number of hydrogen-bond acceptors (Lipinski definition) is 5. The van der Waals surface area contributed by atoms with E-state index in [0.717, 1.165) is 0 Å². The average Bonchev–Trinajstić information content (AvgIpc) is 2.82. The molecule has 0 radical (unpaired) electrons. The number of furan rings is 1. The summed E-state index contributed by atoms with van der Waals surface area (Å²) in [6.45, 7) is 2.80. The summed E-state index contributed by atoms with van der Waals surface area (Å²) in [7, 11) is 0. The smallest absolute Gasteiger partial charge is 0.254 e. The van der Waals surface area contributed by atoms with Crippen LogP contribution in [-0.4, -0.2) is 29.0 Å². The van der Waals surface area contributed by atoms with Gasteiger partial charge in [-0.2, -0.15) is 0 Å². The van der Waals surface area contributed by atoms with Crippen LogP contribution in [0.2, 0.25) is 0 Å². The van der Waals surface area contributed by atoms with E-state index >= 15 is 0 Å². The molecule has 0 unspecified atom stereocenters. The number of rotatable bonds is 5. The average molecular weight is 246 g/mol. The molecule has 0 saturated carbocycles. The Hall–Kier alpha value is -2.37. The predicted octanol–water partition coefficient (Wildman–Crippen LogP) is 1.22. The van der Waals surface area contributed by atoms with Crippen LogP contribution in [0, 0.1) is 6.92 Å². The summed E-state index contributed by atoms with van der Waals surface area (Å²) in [6, 6.07) is 3.40. The van der Waals surface area contributed by atoms with Crippen LogP contribution in [-0.2, 0) is 0 Å². The van der Waals surface area contributed by atoms with Gasteiger partial charge in [-0.15, -0.1) is 0 Å². The van der Waals surface area contributed by atoms with E-state index in [9.17, 15) is 4.79 Å². The van der Waals surface area contributed by atoms with Gasteiger partial charge in [-0.05, 0) is 19.1 Å². The maximum atomic E-state index is 11.7. The van der Waals surface area contributed by atoms with E-state index in [-0.39, 0.29) is 5.91 Å². The fraction of sp³-hybridized carbons (Fsp3) is 0.250. The highest BCUT2D eigenvalue weighted by atomic mass is 16.3. The molecule has 2 heterocycles. The molecule has 18 heavy (non-hydrogen) atoms. The molecule has 0 saturated heterocycles. The van der Waals surface area contributed by atoms with Gasteiger partial charge < -0.3 is 15.1 Å². The summed E-state index contributed by atoms with van der Waals surface area (Å²) in [4.78, 5) is 19.7. The molecule has 6 heteroatoms. The molecular formula is C12H14N4O2. The van der Waals surface area contributed by atoms with Gasteiger partial charge in [-0.3, -0.25) is 4.79 Å². The van der Waals surface area contributed by atoms with Crippen molar-refractivity contribution in [1.29, 1.82) is 0 Å². The molecule has 0 bridgehead atoms. The fourth-order valence-corrected chi connectivity index (χ4v) is 1.46. The van der Waals surface area contributed by atoms with Gasteiger partial charge in [0.2, 0.25) is 5.95 Å². The first-order valence-electron chi connectivity index (χ1n) is 5.60. The lowest BCUT2D eigenvalue weighted by Gasteiger charge is -2.05. The molecule has 6 nitrogen and oxygen atoms in total. The van der Waals surface area contributed by atoms with Gasteiger partial charge in [0.05, 0.1) is 11.8 Å². The highest BCUT2D eigenvalue weighted by Gasteiger charge is 2.09. The number of carbonyl (C=O) groups excluding carboxylic acids is 1. The quantitative estimate of drug-likeness (QED) is 0.775. The van der Waals surface area contributed by atoms with Crippen LogP contribution in [0.15, 0.2) is 35.2 Å². The summed E-state index contributed by atoms with van der Waals surface area (Å²) in [5.74, 6) is 1.02. The maximum Gasteiger partial charge on any atom is 0.254 e. The van der Waals surface area contributed by atoms with Crippen LogP contribution >= 0.6 is 0 Å². The normalized spacial score (nSPS) is 10.1. The lowest BCUT2D eigenvalue weighted by molar-refractivity contribution is 0.0953. The van der Waals surface area contributed by atoms with Crippen LogP contribution in [0.5, 0.6) is 0 Å². The molecule has 0 aliphatic rings. The van der Waals surface area contributed by atoms with Gasteiger partial charge in [-0.1, -0.05) is 0 Å². The zero-order valence-electron chi connectivity index (χ0n) is 10.0. The number of hydrogen-bond donors (Lipinski definition) is 2. The summed E-state index contributed by atoms with van der Waals surface area (Å²) in [5.41, 5.74) is 0.561. The molecule has 94 valence electrons. The molecule has 0 aliphatic carbocycles. The maximum absolute atomic E-state index is 11.7. The van der Waals surface area contributed by atoms with E-state index in [1.165, 1.54) is 6.26 Å². The van der Waals surface area contributed by atoms with Crippen LogP contribution in [0.1, 0.15) is 16.1 Å². The summed E-state index contributed by atoms with van der Waals surface area (Å²) in [5, 5.41) is 5.78. The molecular weight excluding hydrogens is 232 g/mol. The van der Waals surface area contributed by atoms with Crippen molar-refractivity contribution < 1.29 is 9.21 Å². The molecule has 2 aromatic heterocycles. The van der Waals surface area contributed by atoms with E-state index in [0.29, 0.717) is 30.4 Å².